The third-order valence-electron chi connectivity index (χ3n) is 3.71. The summed E-state index contributed by atoms with van der Waals surface area (Å²) < 4.78 is 10.0. The van der Waals surface area contributed by atoms with Crippen LogP contribution in [0.25, 0.3) is 0 Å². The molecular weight excluding hydrogens is 348 g/mol. The molecule has 1 aromatic rings. The second-order valence-corrected chi connectivity index (χ2v) is 7.64. The summed E-state index contributed by atoms with van der Waals surface area (Å²) in [5.41, 5.74) is 0.178. The third kappa shape index (κ3) is 8.11. The normalized spacial score (nSPS) is 13.4. The first-order valence-electron chi connectivity index (χ1n) is 8.95. The summed E-state index contributed by atoms with van der Waals surface area (Å²) in [5.74, 6) is -1.18. The van der Waals surface area contributed by atoms with Crippen LogP contribution in [0.15, 0.2) is 30.3 Å². The van der Waals surface area contributed by atoms with Crippen LogP contribution in [0.4, 0.5) is 4.79 Å². The van der Waals surface area contributed by atoms with E-state index in [0.717, 1.165) is 5.56 Å². The number of carbonyl (C=O) groups is 3. The van der Waals surface area contributed by atoms with Gasteiger partial charge < -0.3 is 20.1 Å². The minimum atomic E-state index is -0.895. The highest BCUT2D eigenvalue weighted by Gasteiger charge is 2.30. The molecule has 0 spiro atoms. The Morgan fingerprint density at radius 1 is 1.04 bits per heavy atom. The number of ether oxygens (including phenoxy) is 2. The lowest BCUT2D eigenvalue weighted by atomic mass is 10.0. The fourth-order valence-electron chi connectivity index (χ4n) is 2.39. The van der Waals surface area contributed by atoms with Crippen molar-refractivity contribution in [2.45, 2.75) is 58.7 Å². The van der Waals surface area contributed by atoms with Gasteiger partial charge in [0.2, 0.25) is 5.91 Å². The molecule has 150 valence electrons. The first kappa shape index (κ1) is 22.5. The van der Waals surface area contributed by atoms with Gasteiger partial charge in [-0.3, -0.25) is 4.79 Å². The lowest BCUT2D eigenvalue weighted by Crippen LogP contribution is -2.54. The summed E-state index contributed by atoms with van der Waals surface area (Å²) >= 11 is 0. The van der Waals surface area contributed by atoms with Crippen LogP contribution in [-0.2, 0) is 25.5 Å². The molecule has 1 aromatic carbocycles. The van der Waals surface area contributed by atoms with Gasteiger partial charge in [-0.25, -0.2) is 9.59 Å². The van der Waals surface area contributed by atoms with Gasteiger partial charge in [0.05, 0.1) is 7.11 Å². The summed E-state index contributed by atoms with van der Waals surface area (Å²) in [6.07, 6.45) is -0.435. The number of hydrogen-bond donors (Lipinski definition) is 2. The molecule has 0 saturated heterocycles. The Kier molecular flexibility index (Phi) is 8.28. The first-order chi connectivity index (χ1) is 12.5. The standard InChI is InChI=1S/C20H30N2O5/c1-13(2)16(18(24)26-6)22-17(23)15(12-14-10-8-7-9-11-14)21-19(25)27-20(3,4)5/h7-11,13,15-16H,12H2,1-6H3,(H,21,25)(H,22,23)/t15-,16-/m1/s1. The van der Waals surface area contributed by atoms with Gasteiger partial charge in [0.1, 0.15) is 17.7 Å². The van der Waals surface area contributed by atoms with Crippen molar-refractivity contribution in [1.29, 1.82) is 0 Å². The van der Waals surface area contributed by atoms with Gasteiger partial charge in [0.15, 0.2) is 0 Å². The molecule has 0 heterocycles. The Morgan fingerprint density at radius 2 is 1.63 bits per heavy atom. The lowest BCUT2D eigenvalue weighted by molar-refractivity contribution is -0.146. The van der Waals surface area contributed by atoms with Crippen LogP contribution in [0.1, 0.15) is 40.2 Å². The van der Waals surface area contributed by atoms with Gasteiger partial charge in [0.25, 0.3) is 0 Å². The Labute approximate surface area is 160 Å². The molecule has 0 bridgehead atoms. The van der Waals surface area contributed by atoms with Gasteiger partial charge in [-0.2, -0.15) is 0 Å². The van der Waals surface area contributed by atoms with E-state index in [-0.39, 0.29) is 12.3 Å². The lowest BCUT2D eigenvalue weighted by Gasteiger charge is -2.26. The van der Waals surface area contributed by atoms with Crippen molar-refractivity contribution < 1.29 is 23.9 Å². The molecule has 0 aromatic heterocycles. The topological polar surface area (TPSA) is 93.7 Å². The summed E-state index contributed by atoms with van der Waals surface area (Å²) in [6.45, 7) is 8.82. The third-order valence-corrected chi connectivity index (χ3v) is 3.71. The van der Waals surface area contributed by atoms with E-state index in [1.165, 1.54) is 7.11 Å². The number of esters is 1. The molecule has 2 amide bonds. The molecule has 2 atom stereocenters. The van der Waals surface area contributed by atoms with Crippen molar-refractivity contribution in [3.8, 4) is 0 Å². The van der Waals surface area contributed by atoms with Crippen LogP contribution in [0.5, 0.6) is 0 Å². The molecule has 0 aliphatic rings. The number of rotatable bonds is 7. The van der Waals surface area contributed by atoms with Gasteiger partial charge in [-0.15, -0.1) is 0 Å². The number of carbonyl (C=O) groups excluding carboxylic acids is 3. The monoisotopic (exact) mass is 378 g/mol. The molecule has 0 unspecified atom stereocenters. The van der Waals surface area contributed by atoms with Gasteiger partial charge >= 0.3 is 12.1 Å². The quantitative estimate of drug-likeness (QED) is 0.711. The van der Waals surface area contributed by atoms with E-state index < -0.39 is 35.7 Å². The molecule has 0 fully saturated rings. The van der Waals surface area contributed by atoms with Gasteiger partial charge in [0, 0.05) is 6.42 Å². The highest BCUT2D eigenvalue weighted by molar-refractivity contribution is 5.90. The van der Waals surface area contributed by atoms with E-state index in [9.17, 15) is 14.4 Å². The van der Waals surface area contributed by atoms with Crippen LogP contribution in [0.3, 0.4) is 0 Å². The van der Waals surface area contributed by atoms with Crippen LogP contribution in [0.2, 0.25) is 0 Å². The van der Waals surface area contributed by atoms with E-state index in [1.807, 2.05) is 30.3 Å². The Bertz CT molecular complexity index is 638. The minimum Gasteiger partial charge on any atom is -0.467 e. The number of alkyl carbamates (subject to hydrolysis) is 1. The second kappa shape index (κ2) is 9.94. The van der Waals surface area contributed by atoms with Crippen LogP contribution >= 0.6 is 0 Å². The van der Waals surface area contributed by atoms with Crippen molar-refractivity contribution in [1.82, 2.24) is 10.6 Å². The largest absolute Gasteiger partial charge is 0.467 e. The summed E-state index contributed by atoms with van der Waals surface area (Å²) in [6, 6.07) is 7.58. The molecule has 0 radical (unpaired) electrons. The maximum absolute atomic E-state index is 12.8. The molecular formula is C20H30N2O5. The van der Waals surface area contributed by atoms with Crippen molar-refractivity contribution in [3.05, 3.63) is 35.9 Å². The maximum Gasteiger partial charge on any atom is 0.408 e. The molecule has 27 heavy (non-hydrogen) atoms. The second-order valence-electron chi connectivity index (χ2n) is 7.64. The molecule has 7 nitrogen and oxygen atoms in total. The zero-order valence-electron chi connectivity index (χ0n) is 16.9. The summed E-state index contributed by atoms with van der Waals surface area (Å²) in [5, 5.41) is 5.27. The number of nitrogens with one attached hydrogen (secondary N) is 2. The van der Waals surface area contributed by atoms with Crippen molar-refractivity contribution in [3.63, 3.8) is 0 Å². The number of benzene rings is 1. The predicted molar refractivity (Wildman–Crippen MR) is 102 cm³/mol. The van der Waals surface area contributed by atoms with Crippen LogP contribution in [-0.4, -0.2) is 42.8 Å². The number of methoxy groups -OCH3 is 1. The SMILES string of the molecule is COC(=O)[C@H](NC(=O)[C@@H](Cc1ccccc1)NC(=O)OC(C)(C)C)C(C)C. The van der Waals surface area contributed by atoms with Crippen molar-refractivity contribution in [2.75, 3.05) is 7.11 Å². The Hall–Kier alpha value is -2.57. The Morgan fingerprint density at radius 3 is 2.11 bits per heavy atom. The minimum absolute atomic E-state index is 0.166. The first-order valence-corrected chi connectivity index (χ1v) is 8.95. The van der Waals surface area contributed by atoms with Gasteiger partial charge in [-0.1, -0.05) is 44.2 Å². The zero-order valence-corrected chi connectivity index (χ0v) is 16.9. The smallest absolute Gasteiger partial charge is 0.408 e. The maximum atomic E-state index is 12.8. The van der Waals surface area contributed by atoms with Crippen molar-refractivity contribution >= 4 is 18.0 Å². The van der Waals surface area contributed by atoms with Crippen LogP contribution in [0, 0.1) is 5.92 Å². The fourth-order valence-corrected chi connectivity index (χ4v) is 2.39. The molecule has 2 N–H and O–H groups in total. The van der Waals surface area contributed by atoms with E-state index in [4.69, 9.17) is 9.47 Å². The Balaban J connectivity index is 2.95. The number of amides is 2. The highest BCUT2D eigenvalue weighted by Crippen LogP contribution is 2.10. The average molecular weight is 378 g/mol. The molecule has 7 heteroatoms. The van der Waals surface area contributed by atoms with Gasteiger partial charge in [-0.05, 0) is 32.3 Å². The molecule has 1 rings (SSSR count). The highest BCUT2D eigenvalue weighted by atomic mass is 16.6. The molecule has 0 aliphatic heterocycles. The van der Waals surface area contributed by atoms with E-state index in [2.05, 4.69) is 10.6 Å². The zero-order chi connectivity index (χ0) is 20.6. The van der Waals surface area contributed by atoms with Crippen molar-refractivity contribution in [2.24, 2.45) is 5.92 Å². The summed E-state index contributed by atoms with van der Waals surface area (Å²) in [7, 11) is 1.27. The molecule has 0 aliphatic carbocycles. The summed E-state index contributed by atoms with van der Waals surface area (Å²) in [4.78, 5) is 36.9. The van der Waals surface area contributed by atoms with E-state index in [0.29, 0.717) is 0 Å². The fraction of sp³-hybridized carbons (Fsp3) is 0.550. The van der Waals surface area contributed by atoms with E-state index in [1.54, 1.807) is 34.6 Å². The average Bonchev–Trinajstić information content (AvgIpc) is 2.57. The van der Waals surface area contributed by atoms with Crippen LogP contribution < -0.4 is 10.6 Å². The number of hydrogen-bond acceptors (Lipinski definition) is 5. The predicted octanol–water partition coefficient (Wildman–Crippen LogP) is 2.44. The molecule has 0 saturated carbocycles. The van der Waals surface area contributed by atoms with E-state index >= 15 is 0 Å².